The molecule has 2 rings (SSSR count). The van der Waals surface area contributed by atoms with Gasteiger partial charge in [0.1, 0.15) is 0 Å². The van der Waals surface area contributed by atoms with Gasteiger partial charge in [0.25, 0.3) is 0 Å². The van der Waals surface area contributed by atoms with Crippen LogP contribution >= 0.6 is 0 Å². The van der Waals surface area contributed by atoms with E-state index in [0.717, 1.165) is 23.7 Å². The van der Waals surface area contributed by atoms with E-state index in [0.29, 0.717) is 6.54 Å². The maximum Gasteiger partial charge on any atom is 0.238 e. The summed E-state index contributed by atoms with van der Waals surface area (Å²) in [5.74, 6) is 0.796. The second-order valence-corrected chi connectivity index (χ2v) is 4.31. The molecule has 4 nitrogen and oxygen atoms in total. The normalized spacial score (nSPS) is 14.8. The van der Waals surface area contributed by atoms with E-state index < -0.39 is 0 Å². The molecule has 0 aliphatic heterocycles. The molecule has 1 heterocycles. The van der Waals surface area contributed by atoms with Crippen LogP contribution in [0.15, 0.2) is 18.5 Å². The quantitative estimate of drug-likeness (QED) is 0.785. The van der Waals surface area contributed by atoms with Crippen molar-refractivity contribution in [2.24, 2.45) is 5.92 Å². The van der Waals surface area contributed by atoms with Crippen LogP contribution in [0.5, 0.6) is 0 Å². The summed E-state index contributed by atoms with van der Waals surface area (Å²) in [7, 11) is 0. The van der Waals surface area contributed by atoms with Gasteiger partial charge < -0.3 is 10.6 Å². The highest BCUT2D eigenvalue weighted by Gasteiger charge is 2.20. The number of hydrogen-bond acceptors (Lipinski definition) is 3. The standard InChI is InChI=1S/C12H17N3O/c1-9-4-5-13-7-11(9)15-12(16)8-14-6-10-2-3-10/h4-5,7,10,14H,2-3,6,8H2,1H3,(H,15,16). The van der Waals surface area contributed by atoms with Gasteiger partial charge in [0.05, 0.1) is 18.4 Å². The molecule has 2 N–H and O–H groups in total. The fraction of sp³-hybridized carbons (Fsp3) is 0.500. The molecular weight excluding hydrogens is 202 g/mol. The topological polar surface area (TPSA) is 54.0 Å². The summed E-state index contributed by atoms with van der Waals surface area (Å²) in [4.78, 5) is 15.5. The molecule has 0 bridgehead atoms. The summed E-state index contributed by atoms with van der Waals surface area (Å²) in [5, 5.41) is 5.99. The van der Waals surface area contributed by atoms with E-state index in [9.17, 15) is 4.79 Å². The molecule has 0 unspecified atom stereocenters. The van der Waals surface area contributed by atoms with Gasteiger partial charge in [-0.2, -0.15) is 0 Å². The van der Waals surface area contributed by atoms with Gasteiger partial charge >= 0.3 is 0 Å². The SMILES string of the molecule is Cc1ccncc1NC(=O)CNCC1CC1. The molecule has 1 aromatic rings. The number of rotatable bonds is 5. The maximum absolute atomic E-state index is 11.6. The van der Waals surface area contributed by atoms with Crippen LogP contribution in [0.2, 0.25) is 0 Å². The molecule has 16 heavy (non-hydrogen) atoms. The molecule has 0 saturated heterocycles. The first-order valence-electron chi connectivity index (χ1n) is 5.67. The molecule has 4 heteroatoms. The fourth-order valence-electron chi connectivity index (χ4n) is 1.50. The molecular formula is C12H17N3O. The Labute approximate surface area is 95.5 Å². The first kappa shape index (κ1) is 11.1. The van der Waals surface area contributed by atoms with Crippen molar-refractivity contribution in [2.75, 3.05) is 18.4 Å². The minimum absolute atomic E-state index is 0.00301. The molecule has 1 aliphatic carbocycles. The third-order valence-electron chi connectivity index (χ3n) is 2.73. The Morgan fingerprint density at radius 2 is 2.38 bits per heavy atom. The zero-order chi connectivity index (χ0) is 11.4. The highest BCUT2D eigenvalue weighted by Crippen LogP contribution is 2.27. The van der Waals surface area contributed by atoms with E-state index in [1.165, 1.54) is 12.8 Å². The lowest BCUT2D eigenvalue weighted by Gasteiger charge is -2.07. The molecule has 1 amide bonds. The third kappa shape index (κ3) is 3.31. The second kappa shape index (κ2) is 5.07. The van der Waals surface area contributed by atoms with Crippen molar-refractivity contribution < 1.29 is 4.79 Å². The van der Waals surface area contributed by atoms with Gasteiger partial charge in [-0.1, -0.05) is 0 Å². The van der Waals surface area contributed by atoms with Crippen molar-refractivity contribution in [3.8, 4) is 0 Å². The molecule has 1 aliphatic rings. The number of aryl methyl sites for hydroxylation is 1. The van der Waals surface area contributed by atoms with Gasteiger partial charge in [0, 0.05) is 6.20 Å². The largest absolute Gasteiger partial charge is 0.323 e. The van der Waals surface area contributed by atoms with Gasteiger partial charge in [-0.15, -0.1) is 0 Å². The summed E-state index contributed by atoms with van der Waals surface area (Å²) >= 11 is 0. The van der Waals surface area contributed by atoms with Gasteiger partial charge in [0.15, 0.2) is 0 Å². The van der Waals surface area contributed by atoms with Crippen LogP contribution in [-0.2, 0) is 4.79 Å². The highest BCUT2D eigenvalue weighted by atomic mass is 16.1. The number of pyridine rings is 1. The Bertz CT molecular complexity index is 374. The first-order chi connectivity index (χ1) is 7.75. The molecule has 1 fully saturated rings. The Morgan fingerprint density at radius 1 is 1.56 bits per heavy atom. The van der Waals surface area contributed by atoms with Crippen LogP contribution < -0.4 is 10.6 Å². The lowest BCUT2D eigenvalue weighted by molar-refractivity contribution is -0.115. The zero-order valence-electron chi connectivity index (χ0n) is 9.49. The molecule has 0 spiro atoms. The Hall–Kier alpha value is -1.42. The van der Waals surface area contributed by atoms with Crippen LogP contribution in [0.1, 0.15) is 18.4 Å². The van der Waals surface area contributed by atoms with E-state index in [1.807, 2.05) is 13.0 Å². The van der Waals surface area contributed by atoms with Crippen molar-refractivity contribution in [3.05, 3.63) is 24.0 Å². The van der Waals surface area contributed by atoms with Crippen molar-refractivity contribution in [2.45, 2.75) is 19.8 Å². The summed E-state index contributed by atoms with van der Waals surface area (Å²) in [6.07, 6.45) is 6.00. The van der Waals surface area contributed by atoms with Gasteiger partial charge in [0.2, 0.25) is 5.91 Å². The van der Waals surface area contributed by atoms with E-state index in [4.69, 9.17) is 0 Å². The highest BCUT2D eigenvalue weighted by molar-refractivity contribution is 5.92. The molecule has 0 atom stereocenters. The molecule has 1 aromatic heterocycles. The predicted molar refractivity (Wildman–Crippen MR) is 63.2 cm³/mol. The van der Waals surface area contributed by atoms with Crippen LogP contribution in [0.25, 0.3) is 0 Å². The summed E-state index contributed by atoms with van der Waals surface area (Å²) in [6.45, 7) is 3.29. The van der Waals surface area contributed by atoms with E-state index in [-0.39, 0.29) is 5.91 Å². The van der Waals surface area contributed by atoms with Gasteiger partial charge in [-0.25, -0.2) is 0 Å². The average molecular weight is 219 g/mol. The number of aromatic nitrogens is 1. The summed E-state index contributed by atoms with van der Waals surface area (Å²) < 4.78 is 0. The monoisotopic (exact) mass is 219 g/mol. The number of amides is 1. The Kier molecular flexibility index (Phi) is 3.51. The van der Waals surface area contributed by atoms with E-state index in [1.54, 1.807) is 12.4 Å². The second-order valence-electron chi connectivity index (χ2n) is 4.31. The number of carbonyl (C=O) groups excluding carboxylic acids is 1. The smallest absolute Gasteiger partial charge is 0.238 e. The molecule has 1 saturated carbocycles. The predicted octanol–water partition coefficient (Wildman–Crippen LogP) is 1.33. The zero-order valence-corrected chi connectivity index (χ0v) is 9.49. The van der Waals surface area contributed by atoms with Crippen molar-refractivity contribution in [1.29, 1.82) is 0 Å². The average Bonchev–Trinajstić information content (AvgIpc) is 3.05. The van der Waals surface area contributed by atoms with Crippen molar-refractivity contribution >= 4 is 11.6 Å². The molecule has 0 radical (unpaired) electrons. The lowest BCUT2D eigenvalue weighted by Crippen LogP contribution is -2.29. The molecule has 0 aromatic carbocycles. The Morgan fingerprint density at radius 3 is 3.06 bits per heavy atom. The summed E-state index contributed by atoms with van der Waals surface area (Å²) in [6, 6.07) is 1.88. The Balaban J connectivity index is 1.75. The third-order valence-corrected chi connectivity index (χ3v) is 2.73. The number of nitrogens with zero attached hydrogens (tertiary/aromatic N) is 1. The number of hydrogen-bond donors (Lipinski definition) is 2. The first-order valence-corrected chi connectivity index (χ1v) is 5.67. The molecule has 86 valence electrons. The minimum atomic E-state index is -0.00301. The number of nitrogens with one attached hydrogen (secondary N) is 2. The van der Waals surface area contributed by atoms with Crippen LogP contribution in [0.4, 0.5) is 5.69 Å². The van der Waals surface area contributed by atoms with Crippen LogP contribution in [0, 0.1) is 12.8 Å². The number of anilines is 1. The van der Waals surface area contributed by atoms with E-state index >= 15 is 0 Å². The maximum atomic E-state index is 11.6. The summed E-state index contributed by atoms with van der Waals surface area (Å²) in [5.41, 5.74) is 1.83. The fourth-order valence-corrected chi connectivity index (χ4v) is 1.50. The van der Waals surface area contributed by atoms with Gasteiger partial charge in [-0.3, -0.25) is 9.78 Å². The van der Waals surface area contributed by atoms with Crippen LogP contribution in [0.3, 0.4) is 0 Å². The minimum Gasteiger partial charge on any atom is -0.323 e. The van der Waals surface area contributed by atoms with Crippen molar-refractivity contribution in [3.63, 3.8) is 0 Å². The van der Waals surface area contributed by atoms with Crippen LogP contribution in [-0.4, -0.2) is 24.0 Å². The lowest BCUT2D eigenvalue weighted by atomic mass is 10.2. The van der Waals surface area contributed by atoms with Gasteiger partial charge in [-0.05, 0) is 43.9 Å². The van der Waals surface area contributed by atoms with E-state index in [2.05, 4.69) is 15.6 Å². The van der Waals surface area contributed by atoms with Crippen molar-refractivity contribution in [1.82, 2.24) is 10.3 Å². The number of carbonyl (C=O) groups is 1.